The van der Waals surface area contributed by atoms with Gasteiger partial charge in [-0.3, -0.25) is 9.69 Å². The van der Waals surface area contributed by atoms with Gasteiger partial charge in [-0.15, -0.1) is 11.3 Å². The molecule has 0 spiro atoms. The van der Waals surface area contributed by atoms with Crippen LogP contribution in [0, 0.1) is 0 Å². The average Bonchev–Trinajstić information content (AvgIpc) is 3.19. The standard InChI is InChI=1S/C21H23N3O4S/c1-28-17-5-4-16-18(15-8-12-29-19(15)20(25)23-16)14(17)3-2-9-24-10-6-13(7-11-24)22-21(26)27/h2-5,8,12-13,22H,6-7,9-11H2,1H3,(H,23,25)(H,26,27). The van der Waals surface area contributed by atoms with Gasteiger partial charge >= 0.3 is 6.09 Å². The lowest BCUT2D eigenvalue weighted by Crippen LogP contribution is -2.44. The Morgan fingerprint density at radius 1 is 1.38 bits per heavy atom. The van der Waals surface area contributed by atoms with Crippen LogP contribution in [0.4, 0.5) is 4.79 Å². The Bertz CT molecular complexity index is 1130. The molecule has 7 nitrogen and oxygen atoms in total. The molecule has 4 rings (SSSR count). The molecule has 3 aromatic rings. The average molecular weight is 413 g/mol. The number of methoxy groups -OCH3 is 1. The van der Waals surface area contributed by atoms with Crippen molar-refractivity contribution in [3.63, 3.8) is 0 Å². The van der Waals surface area contributed by atoms with Crippen LogP contribution in [0.15, 0.2) is 34.4 Å². The van der Waals surface area contributed by atoms with Crippen molar-refractivity contribution in [2.24, 2.45) is 0 Å². The summed E-state index contributed by atoms with van der Waals surface area (Å²) in [6.07, 6.45) is 4.83. The largest absolute Gasteiger partial charge is 0.496 e. The molecule has 0 bridgehead atoms. The molecule has 1 fully saturated rings. The number of aromatic amines is 1. The van der Waals surface area contributed by atoms with Crippen LogP contribution in [0.5, 0.6) is 5.75 Å². The number of pyridine rings is 1. The minimum atomic E-state index is -0.954. The van der Waals surface area contributed by atoms with Gasteiger partial charge in [-0.2, -0.15) is 0 Å². The molecule has 0 radical (unpaired) electrons. The summed E-state index contributed by atoms with van der Waals surface area (Å²) < 4.78 is 6.30. The van der Waals surface area contributed by atoms with Crippen LogP contribution in [-0.4, -0.2) is 53.9 Å². The molecule has 2 aromatic heterocycles. The van der Waals surface area contributed by atoms with E-state index in [1.165, 1.54) is 11.3 Å². The summed E-state index contributed by atoms with van der Waals surface area (Å²) in [4.78, 5) is 28.3. The SMILES string of the molecule is COc1ccc2[nH]c(=O)c3sccc3c2c1C=CCN1CCC(NC(=O)O)CC1. The fraction of sp³-hybridized carbons (Fsp3) is 0.333. The number of carboxylic acid groups (broad SMARTS) is 1. The maximum Gasteiger partial charge on any atom is 0.404 e. The third kappa shape index (κ3) is 3.99. The molecular formula is C21H23N3O4S. The number of likely N-dealkylation sites (tertiary alicyclic amines) is 1. The van der Waals surface area contributed by atoms with Gasteiger partial charge in [0, 0.05) is 47.5 Å². The lowest BCUT2D eigenvalue weighted by molar-refractivity contribution is 0.173. The number of thiophene rings is 1. The first-order chi connectivity index (χ1) is 14.1. The molecule has 152 valence electrons. The van der Waals surface area contributed by atoms with E-state index in [1.807, 2.05) is 23.6 Å². The first-order valence-electron chi connectivity index (χ1n) is 9.55. The molecule has 0 atom stereocenters. The Kier molecular flexibility index (Phi) is 5.55. The van der Waals surface area contributed by atoms with Crippen molar-refractivity contribution >= 4 is 44.5 Å². The highest BCUT2D eigenvalue weighted by molar-refractivity contribution is 7.17. The van der Waals surface area contributed by atoms with Gasteiger partial charge in [-0.25, -0.2) is 4.79 Å². The van der Waals surface area contributed by atoms with E-state index >= 15 is 0 Å². The van der Waals surface area contributed by atoms with Gasteiger partial charge in [0.1, 0.15) is 10.4 Å². The smallest absolute Gasteiger partial charge is 0.404 e. The summed E-state index contributed by atoms with van der Waals surface area (Å²) in [6, 6.07) is 5.77. The Labute approximate surface area is 171 Å². The zero-order valence-corrected chi connectivity index (χ0v) is 16.9. The summed E-state index contributed by atoms with van der Waals surface area (Å²) in [5.41, 5.74) is 1.68. The van der Waals surface area contributed by atoms with Crippen molar-refractivity contribution in [1.29, 1.82) is 0 Å². The number of rotatable bonds is 5. The maximum absolute atomic E-state index is 12.3. The highest BCUT2D eigenvalue weighted by atomic mass is 32.1. The first-order valence-corrected chi connectivity index (χ1v) is 10.4. The fourth-order valence-corrected chi connectivity index (χ4v) is 4.75. The predicted molar refractivity (Wildman–Crippen MR) is 116 cm³/mol. The second-order valence-electron chi connectivity index (χ2n) is 7.15. The highest BCUT2D eigenvalue weighted by Crippen LogP contribution is 2.34. The molecule has 3 N–H and O–H groups in total. The number of H-pyrrole nitrogens is 1. The van der Waals surface area contributed by atoms with Crippen molar-refractivity contribution in [2.45, 2.75) is 18.9 Å². The van der Waals surface area contributed by atoms with E-state index in [0.717, 1.165) is 60.1 Å². The number of nitrogens with zero attached hydrogens (tertiary/aromatic N) is 1. The third-order valence-corrected chi connectivity index (χ3v) is 6.29. The summed E-state index contributed by atoms with van der Waals surface area (Å²) in [6.45, 7) is 2.48. The molecule has 0 aliphatic carbocycles. The third-order valence-electron chi connectivity index (χ3n) is 5.38. The Morgan fingerprint density at radius 3 is 2.90 bits per heavy atom. The quantitative estimate of drug-likeness (QED) is 0.595. The Balaban J connectivity index is 1.58. The van der Waals surface area contributed by atoms with Crippen LogP contribution < -0.4 is 15.6 Å². The number of aromatic nitrogens is 1. The number of benzene rings is 1. The summed E-state index contributed by atoms with van der Waals surface area (Å²) in [5.74, 6) is 0.762. The van der Waals surface area contributed by atoms with E-state index in [2.05, 4.69) is 27.4 Å². The monoisotopic (exact) mass is 413 g/mol. The first kappa shape index (κ1) is 19.5. The van der Waals surface area contributed by atoms with E-state index in [1.54, 1.807) is 7.11 Å². The lowest BCUT2D eigenvalue weighted by atomic mass is 10.0. The van der Waals surface area contributed by atoms with Gasteiger partial charge in [0.2, 0.25) is 0 Å². The number of hydrogen-bond acceptors (Lipinski definition) is 5. The van der Waals surface area contributed by atoms with Gasteiger partial charge in [0.05, 0.1) is 7.11 Å². The van der Waals surface area contributed by atoms with E-state index in [9.17, 15) is 9.59 Å². The van der Waals surface area contributed by atoms with Gasteiger partial charge in [0.15, 0.2) is 0 Å². The molecule has 1 saturated heterocycles. The lowest BCUT2D eigenvalue weighted by Gasteiger charge is -2.30. The highest BCUT2D eigenvalue weighted by Gasteiger charge is 2.19. The normalized spacial score (nSPS) is 16.0. The molecule has 3 heterocycles. The van der Waals surface area contributed by atoms with Crippen LogP contribution in [-0.2, 0) is 0 Å². The maximum atomic E-state index is 12.3. The Hall–Kier alpha value is -2.84. The van der Waals surface area contributed by atoms with Gasteiger partial charge < -0.3 is 20.1 Å². The van der Waals surface area contributed by atoms with Crippen LogP contribution in [0.25, 0.3) is 27.1 Å². The summed E-state index contributed by atoms with van der Waals surface area (Å²) in [7, 11) is 1.65. The molecule has 1 aliphatic heterocycles. The van der Waals surface area contributed by atoms with E-state index in [-0.39, 0.29) is 11.6 Å². The molecule has 0 unspecified atom stereocenters. The molecule has 1 aliphatic rings. The number of nitrogens with one attached hydrogen (secondary N) is 2. The van der Waals surface area contributed by atoms with Gasteiger partial charge in [0.25, 0.3) is 5.56 Å². The zero-order chi connectivity index (χ0) is 20.4. The van der Waals surface area contributed by atoms with Crippen molar-refractivity contribution in [1.82, 2.24) is 15.2 Å². The molecular weight excluding hydrogens is 390 g/mol. The van der Waals surface area contributed by atoms with Crippen LogP contribution >= 0.6 is 11.3 Å². The second-order valence-corrected chi connectivity index (χ2v) is 8.06. The molecule has 1 aromatic carbocycles. The van der Waals surface area contributed by atoms with E-state index < -0.39 is 6.09 Å². The van der Waals surface area contributed by atoms with Gasteiger partial charge in [-0.05, 0) is 36.4 Å². The summed E-state index contributed by atoms with van der Waals surface area (Å²) >= 11 is 1.44. The van der Waals surface area contributed by atoms with Crippen LogP contribution in [0.3, 0.4) is 0 Å². The van der Waals surface area contributed by atoms with Crippen LogP contribution in [0.1, 0.15) is 18.4 Å². The van der Waals surface area contributed by atoms with Crippen molar-refractivity contribution < 1.29 is 14.6 Å². The number of piperidine rings is 1. The van der Waals surface area contributed by atoms with Crippen LogP contribution in [0.2, 0.25) is 0 Å². The molecule has 29 heavy (non-hydrogen) atoms. The van der Waals surface area contributed by atoms with E-state index in [0.29, 0.717) is 4.70 Å². The number of ether oxygens (including phenoxy) is 1. The molecule has 8 heteroatoms. The number of hydrogen-bond donors (Lipinski definition) is 3. The topological polar surface area (TPSA) is 94.7 Å². The molecule has 1 amide bonds. The van der Waals surface area contributed by atoms with Crippen molar-refractivity contribution in [2.75, 3.05) is 26.7 Å². The van der Waals surface area contributed by atoms with Crippen molar-refractivity contribution in [3.05, 3.63) is 45.6 Å². The van der Waals surface area contributed by atoms with E-state index in [4.69, 9.17) is 9.84 Å². The fourth-order valence-electron chi connectivity index (χ4n) is 3.95. The minimum absolute atomic E-state index is 0.0367. The predicted octanol–water partition coefficient (Wildman–Crippen LogP) is 3.50. The number of amides is 1. The summed E-state index contributed by atoms with van der Waals surface area (Å²) in [5, 5.41) is 15.3. The second kappa shape index (κ2) is 8.26. The number of fused-ring (bicyclic) bond motifs is 3. The van der Waals surface area contributed by atoms with Crippen molar-refractivity contribution in [3.8, 4) is 5.75 Å². The Morgan fingerprint density at radius 2 is 2.17 bits per heavy atom. The number of carbonyl (C=O) groups is 1. The minimum Gasteiger partial charge on any atom is -0.496 e. The zero-order valence-electron chi connectivity index (χ0n) is 16.1. The molecule has 0 saturated carbocycles. The van der Waals surface area contributed by atoms with Gasteiger partial charge in [-0.1, -0.05) is 12.2 Å².